The zero-order valence-electron chi connectivity index (χ0n) is 19.1. The second kappa shape index (κ2) is 10.7. The van der Waals surface area contributed by atoms with E-state index in [2.05, 4.69) is 16.7 Å². The number of hydrogen-bond acceptors (Lipinski definition) is 6. The SMILES string of the molecule is CCNc1ccc(C#N)cc1/N=C1\S/C(=C\Nc2ccccc2C)C(=O)N1Cc1ccccc1. The molecule has 2 N–H and O–H groups in total. The van der Waals surface area contributed by atoms with Crippen molar-refractivity contribution in [2.24, 2.45) is 4.99 Å². The van der Waals surface area contributed by atoms with E-state index in [1.54, 1.807) is 23.2 Å². The number of benzene rings is 3. The summed E-state index contributed by atoms with van der Waals surface area (Å²) < 4.78 is 0. The summed E-state index contributed by atoms with van der Waals surface area (Å²) in [6.07, 6.45) is 1.74. The van der Waals surface area contributed by atoms with Crippen molar-refractivity contribution >= 4 is 39.9 Å². The molecule has 0 atom stereocenters. The first kappa shape index (κ1) is 23.1. The molecule has 34 heavy (non-hydrogen) atoms. The van der Waals surface area contributed by atoms with Crippen molar-refractivity contribution in [1.29, 1.82) is 5.26 Å². The summed E-state index contributed by atoms with van der Waals surface area (Å²) in [5, 5.41) is 16.5. The zero-order valence-corrected chi connectivity index (χ0v) is 19.9. The minimum absolute atomic E-state index is 0.116. The number of carbonyl (C=O) groups excluding carboxylic acids is 1. The van der Waals surface area contributed by atoms with Gasteiger partial charge in [0.05, 0.1) is 34.5 Å². The number of aliphatic imine (C=N–C) groups is 1. The van der Waals surface area contributed by atoms with Gasteiger partial charge in [-0.3, -0.25) is 9.69 Å². The van der Waals surface area contributed by atoms with Crippen LogP contribution in [0.1, 0.15) is 23.6 Å². The highest BCUT2D eigenvalue weighted by Crippen LogP contribution is 2.36. The predicted molar refractivity (Wildman–Crippen MR) is 140 cm³/mol. The summed E-state index contributed by atoms with van der Waals surface area (Å²) in [4.78, 5) is 20.5. The van der Waals surface area contributed by atoms with Crippen molar-refractivity contribution in [2.75, 3.05) is 17.2 Å². The van der Waals surface area contributed by atoms with Crippen LogP contribution in [0.2, 0.25) is 0 Å². The molecule has 1 heterocycles. The third-order valence-electron chi connectivity index (χ3n) is 5.29. The van der Waals surface area contributed by atoms with Crippen LogP contribution in [0.15, 0.2) is 88.9 Å². The Kier molecular flexibility index (Phi) is 7.31. The Labute approximate surface area is 204 Å². The molecule has 1 saturated heterocycles. The van der Waals surface area contributed by atoms with Gasteiger partial charge >= 0.3 is 0 Å². The summed E-state index contributed by atoms with van der Waals surface area (Å²) in [5.41, 5.74) is 5.00. The van der Waals surface area contributed by atoms with E-state index < -0.39 is 0 Å². The molecule has 0 radical (unpaired) electrons. The van der Waals surface area contributed by atoms with Crippen LogP contribution in [-0.4, -0.2) is 22.5 Å². The van der Waals surface area contributed by atoms with Crippen molar-refractivity contribution in [3.05, 3.63) is 101 Å². The van der Waals surface area contributed by atoms with Crippen LogP contribution in [0, 0.1) is 18.3 Å². The number of nitrogens with zero attached hydrogens (tertiary/aromatic N) is 3. The molecule has 4 rings (SSSR count). The largest absolute Gasteiger partial charge is 0.384 e. The Morgan fingerprint density at radius 2 is 1.82 bits per heavy atom. The average Bonchev–Trinajstić information content (AvgIpc) is 3.14. The van der Waals surface area contributed by atoms with E-state index in [1.165, 1.54) is 11.8 Å². The minimum Gasteiger partial charge on any atom is -0.384 e. The van der Waals surface area contributed by atoms with Crippen LogP contribution < -0.4 is 10.6 Å². The van der Waals surface area contributed by atoms with Gasteiger partial charge in [-0.2, -0.15) is 5.26 Å². The number of hydrogen-bond donors (Lipinski definition) is 2. The predicted octanol–water partition coefficient (Wildman–Crippen LogP) is 6.02. The highest BCUT2D eigenvalue weighted by atomic mass is 32.2. The van der Waals surface area contributed by atoms with Crippen LogP contribution >= 0.6 is 11.8 Å². The van der Waals surface area contributed by atoms with Gasteiger partial charge in [-0.05, 0) is 61.0 Å². The summed E-state index contributed by atoms with van der Waals surface area (Å²) in [6, 6.07) is 25.3. The molecule has 3 aromatic carbocycles. The fraction of sp³-hybridized carbons (Fsp3) is 0.148. The summed E-state index contributed by atoms with van der Waals surface area (Å²) >= 11 is 1.32. The van der Waals surface area contributed by atoms with Gasteiger partial charge in [-0.1, -0.05) is 48.5 Å². The lowest BCUT2D eigenvalue weighted by Crippen LogP contribution is -2.28. The van der Waals surface area contributed by atoms with Gasteiger partial charge in [0.25, 0.3) is 5.91 Å². The van der Waals surface area contributed by atoms with E-state index >= 15 is 0 Å². The van der Waals surface area contributed by atoms with Crippen molar-refractivity contribution in [3.63, 3.8) is 0 Å². The number of nitrogens with one attached hydrogen (secondary N) is 2. The first-order valence-electron chi connectivity index (χ1n) is 11.0. The van der Waals surface area contributed by atoms with Crippen molar-refractivity contribution < 1.29 is 4.79 Å². The van der Waals surface area contributed by atoms with Crippen LogP contribution in [0.3, 0.4) is 0 Å². The van der Waals surface area contributed by atoms with Gasteiger partial charge in [0, 0.05) is 18.4 Å². The van der Waals surface area contributed by atoms with Crippen LogP contribution in [-0.2, 0) is 11.3 Å². The van der Waals surface area contributed by atoms with E-state index in [0.717, 1.165) is 29.0 Å². The molecule has 7 heteroatoms. The van der Waals surface area contributed by atoms with Crippen LogP contribution in [0.25, 0.3) is 0 Å². The van der Waals surface area contributed by atoms with Gasteiger partial charge in [-0.15, -0.1) is 0 Å². The minimum atomic E-state index is -0.116. The second-order valence-electron chi connectivity index (χ2n) is 7.72. The number of amides is 1. The normalized spacial score (nSPS) is 15.6. The summed E-state index contributed by atoms with van der Waals surface area (Å²) in [6.45, 7) is 5.14. The van der Waals surface area contributed by atoms with Gasteiger partial charge in [-0.25, -0.2) is 4.99 Å². The molecule has 170 valence electrons. The van der Waals surface area contributed by atoms with E-state index in [4.69, 9.17) is 4.99 Å². The molecule has 0 spiro atoms. The zero-order chi connectivity index (χ0) is 23.9. The number of thioether (sulfide) groups is 1. The Morgan fingerprint density at radius 3 is 2.56 bits per heavy atom. The molecule has 0 bridgehead atoms. The second-order valence-corrected chi connectivity index (χ2v) is 8.72. The Bertz CT molecular complexity index is 1290. The highest BCUT2D eigenvalue weighted by molar-refractivity contribution is 8.18. The molecule has 0 aromatic heterocycles. The molecule has 1 amide bonds. The topological polar surface area (TPSA) is 80.5 Å². The molecule has 1 fully saturated rings. The third kappa shape index (κ3) is 5.30. The molecule has 3 aromatic rings. The maximum Gasteiger partial charge on any atom is 0.268 e. The van der Waals surface area contributed by atoms with Crippen molar-refractivity contribution in [3.8, 4) is 6.07 Å². The van der Waals surface area contributed by atoms with E-state index in [0.29, 0.717) is 27.9 Å². The summed E-state index contributed by atoms with van der Waals surface area (Å²) in [7, 11) is 0. The number of aryl methyl sites for hydroxylation is 1. The van der Waals surface area contributed by atoms with E-state index in [-0.39, 0.29) is 5.91 Å². The fourth-order valence-corrected chi connectivity index (χ4v) is 4.43. The standard InChI is InChI=1S/C27H25N5OS/c1-3-29-23-14-13-21(16-28)15-24(23)31-27-32(18-20-10-5-4-6-11-20)26(33)25(34-27)17-30-22-12-8-7-9-19(22)2/h4-15,17,29-30H,3,18H2,1-2H3/b25-17-,31-27-. The molecule has 0 saturated carbocycles. The van der Waals surface area contributed by atoms with Gasteiger partial charge in [0.15, 0.2) is 5.17 Å². The molecular formula is C27H25N5OS. The first-order valence-corrected chi connectivity index (χ1v) is 11.8. The lowest BCUT2D eigenvalue weighted by molar-refractivity contribution is -0.122. The van der Waals surface area contributed by atoms with Crippen molar-refractivity contribution in [1.82, 2.24) is 4.90 Å². The Hall–Kier alpha value is -4.02. The molecule has 0 aliphatic carbocycles. The number of nitriles is 1. The maximum absolute atomic E-state index is 13.4. The fourth-order valence-electron chi connectivity index (χ4n) is 3.51. The lowest BCUT2D eigenvalue weighted by Gasteiger charge is -2.16. The van der Waals surface area contributed by atoms with E-state index in [1.807, 2.05) is 74.5 Å². The molecule has 1 aliphatic heterocycles. The molecule has 0 unspecified atom stereocenters. The molecular weight excluding hydrogens is 442 g/mol. The van der Waals surface area contributed by atoms with E-state index in [9.17, 15) is 10.1 Å². The smallest absolute Gasteiger partial charge is 0.268 e. The Balaban J connectivity index is 1.71. The number of rotatable bonds is 7. The van der Waals surface area contributed by atoms with Crippen LogP contribution in [0.5, 0.6) is 0 Å². The van der Waals surface area contributed by atoms with Gasteiger partial charge in [0.1, 0.15) is 0 Å². The maximum atomic E-state index is 13.4. The Morgan fingerprint density at radius 1 is 1.06 bits per heavy atom. The average molecular weight is 468 g/mol. The first-order chi connectivity index (χ1) is 16.6. The highest BCUT2D eigenvalue weighted by Gasteiger charge is 2.33. The number of carbonyl (C=O) groups is 1. The van der Waals surface area contributed by atoms with Gasteiger partial charge < -0.3 is 10.6 Å². The number of anilines is 2. The molecule has 1 aliphatic rings. The quantitative estimate of drug-likeness (QED) is 0.416. The van der Waals surface area contributed by atoms with Crippen molar-refractivity contribution in [2.45, 2.75) is 20.4 Å². The van der Waals surface area contributed by atoms with Gasteiger partial charge in [0.2, 0.25) is 0 Å². The monoisotopic (exact) mass is 467 g/mol. The lowest BCUT2D eigenvalue weighted by atomic mass is 10.2. The number of amidine groups is 1. The van der Waals surface area contributed by atoms with Crippen LogP contribution in [0.4, 0.5) is 17.1 Å². The third-order valence-corrected chi connectivity index (χ3v) is 6.29. The summed E-state index contributed by atoms with van der Waals surface area (Å²) in [5.74, 6) is -0.116. The number of para-hydroxylation sites is 1. The molecule has 6 nitrogen and oxygen atoms in total.